The molecule has 2 heterocycles. The Morgan fingerprint density at radius 2 is 2.21 bits per heavy atom. The maximum atomic E-state index is 11.9. The van der Waals surface area contributed by atoms with Gasteiger partial charge in [0.05, 0.1) is 18.6 Å². The number of furan rings is 1. The second kappa shape index (κ2) is 7.52. The van der Waals surface area contributed by atoms with Crippen molar-refractivity contribution >= 4 is 23.6 Å². The Bertz CT molecular complexity index is 709. The molecule has 2 N–H and O–H groups in total. The number of aromatic nitrogens is 3. The van der Waals surface area contributed by atoms with Crippen molar-refractivity contribution in [2.75, 3.05) is 12.3 Å². The maximum absolute atomic E-state index is 11.9. The van der Waals surface area contributed by atoms with Crippen molar-refractivity contribution in [3.63, 3.8) is 0 Å². The van der Waals surface area contributed by atoms with Crippen LogP contribution in [0.3, 0.4) is 0 Å². The van der Waals surface area contributed by atoms with Gasteiger partial charge in [-0.15, -0.1) is 10.2 Å². The van der Waals surface area contributed by atoms with E-state index in [9.17, 15) is 9.59 Å². The number of thioether (sulfide) groups is 1. The molecular formula is C15H19N5O3S. The summed E-state index contributed by atoms with van der Waals surface area (Å²) in [5.74, 6) is 1.09. The van der Waals surface area contributed by atoms with Crippen molar-refractivity contribution < 1.29 is 14.0 Å². The number of hydrogen-bond donors (Lipinski definition) is 2. The first-order chi connectivity index (χ1) is 11.7. The topological polar surface area (TPSA) is 102 Å². The van der Waals surface area contributed by atoms with Gasteiger partial charge in [-0.25, -0.2) is 0 Å². The van der Waals surface area contributed by atoms with E-state index in [1.165, 1.54) is 11.8 Å². The van der Waals surface area contributed by atoms with Crippen molar-refractivity contribution in [2.24, 2.45) is 0 Å². The van der Waals surface area contributed by atoms with Gasteiger partial charge >= 0.3 is 0 Å². The molecule has 0 radical (unpaired) electrons. The summed E-state index contributed by atoms with van der Waals surface area (Å²) in [5, 5.41) is 14.3. The lowest BCUT2D eigenvalue weighted by molar-refractivity contribution is -0.124. The summed E-state index contributed by atoms with van der Waals surface area (Å²) in [6, 6.07) is 3.90. The van der Waals surface area contributed by atoms with Crippen molar-refractivity contribution in [1.29, 1.82) is 0 Å². The van der Waals surface area contributed by atoms with Crippen LogP contribution in [0.25, 0.3) is 11.6 Å². The van der Waals surface area contributed by atoms with E-state index in [4.69, 9.17) is 4.42 Å². The summed E-state index contributed by atoms with van der Waals surface area (Å²) in [6.07, 6.45) is 3.64. The molecule has 3 rings (SSSR count). The Hall–Kier alpha value is -2.29. The first kappa shape index (κ1) is 16.6. The van der Waals surface area contributed by atoms with Crippen LogP contribution in [-0.4, -0.2) is 44.9 Å². The van der Waals surface area contributed by atoms with Gasteiger partial charge in [0.15, 0.2) is 16.7 Å². The molecule has 24 heavy (non-hydrogen) atoms. The molecule has 1 aliphatic rings. The molecule has 1 saturated carbocycles. The van der Waals surface area contributed by atoms with Crippen molar-refractivity contribution in [2.45, 2.75) is 37.5 Å². The maximum Gasteiger partial charge on any atom is 0.239 e. The third kappa shape index (κ3) is 4.16. The van der Waals surface area contributed by atoms with Crippen LogP contribution >= 0.6 is 11.8 Å². The van der Waals surface area contributed by atoms with Crippen LogP contribution in [0, 0.1) is 0 Å². The number of carbonyl (C=O) groups excluding carboxylic acids is 2. The molecule has 0 unspecified atom stereocenters. The number of carbonyl (C=O) groups is 2. The van der Waals surface area contributed by atoms with E-state index < -0.39 is 0 Å². The second-order valence-electron chi connectivity index (χ2n) is 5.43. The molecule has 0 bridgehead atoms. The molecule has 0 aliphatic heterocycles. The van der Waals surface area contributed by atoms with Crippen molar-refractivity contribution in [3.05, 3.63) is 18.4 Å². The van der Waals surface area contributed by atoms with Crippen LogP contribution in [0.1, 0.15) is 19.8 Å². The highest BCUT2D eigenvalue weighted by atomic mass is 32.2. The molecule has 2 aromatic rings. The molecule has 9 heteroatoms. The Balaban J connectivity index is 1.50. The fourth-order valence-corrected chi connectivity index (χ4v) is 2.97. The summed E-state index contributed by atoms with van der Waals surface area (Å²) >= 11 is 1.28. The van der Waals surface area contributed by atoms with Gasteiger partial charge in [0.2, 0.25) is 11.8 Å². The molecule has 1 aliphatic carbocycles. The molecule has 128 valence electrons. The lowest BCUT2D eigenvalue weighted by Crippen LogP contribution is -2.38. The number of amides is 2. The largest absolute Gasteiger partial charge is 0.461 e. The highest BCUT2D eigenvalue weighted by Gasteiger charge is 2.23. The standard InChI is InChI=1S/C15H19N5O3S/c1-2-20-14(11-4-3-7-23-11)18-19-15(20)24-9-13(22)16-8-12(21)17-10-5-6-10/h3-4,7,10H,2,5-6,8-9H2,1H3,(H,16,22)(H,17,21). The summed E-state index contributed by atoms with van der Waals surface area (Å²) in [4.78, 5) is 23.4. The molecule has 8 nitrogen and oxygen atoms in total. The fraction of sp³-hybridized carbons (Fsp3) is 0.467. The van der Waals surface area contributed by atoms with Gasteiger partial charge in [-0.05, 0) is 31.9 Å². The molecule has 0 aromatic carbocycles. The summed E-state index contributed by atoms with van der Waals surface area (Å²) in [6.45, 7) is 2.65. The summed E-state index contributed by atoms with van der Waals surface area (Å²) in [7, 11) is 0. The van der Waals surface area contributed by atoms with Gasteiger partial charge in [-0.2, -0.15) is 0 Å². The quantitative estimate of drug-likeness (QED) is 0.691. The zero-order chi connectivity index (χ0) is 16.9. The lowest BCUT2D eigenvalue weighted by Gasteiger charge is -2.07. The van der Waals surface area contributed by atoms with Crippen LogP contribution in [-0.2, 0) is 16.1 Å². The van der Waals surface area contributed by atoms with Gasteiger partial charge in [-0.1, -0.05) is 11.8 Å². The molecule has 2 aromatic heterocycles. The first-order valence-electron chi connectivity index (χ1n) is 7.83. The molecule has 2 amide bonds. The number of rotatable bonds is 8. The Morgan fingerprint density at radius 3 is 2.88 bits per heavy atom. The number of nitrogens with zero attached hydrogens (tertiary/aromatic N) is 3. The van der Waals surface area contributed by atoms with E-state index in [0.717, 1.165) is 12.8 Å². The fourth-order valence-electron chi connectivity index (χ4n) is 2.13. The van der Waals surface area contributed by atoms with E-state index >= 15 is 0 Å². The SMILES string of the molecule is CCn1c(SCC(=O)NCC(=O)NC2CC2)nnc1-c1ccco1. The molecular weight excluding hydrogens is 330 g/mol. The Morgan fingerprint density at radius 1 is 1.38 bits per heavy atom. The van der Waals surface area contributed by atoms with Crippen LogP contribution in [0.4, 0.5) is 0 Å². The van der Waals surface area contributed by atoms with E-state index in [1.54, 1.807) is 12.3 Å². The molecule has 0 spiro atoms. The summed E-state index contributed by atoms with van der Waals surface area (Å²) < 4.78 is 7.23. The van der Waals surface area contributed by atoms with Crippen LogP contribution in [0.15, 0.2) is 28.0 Å². The zero-order valence-corrected chi connectivity index (χ0v) is 14.1. The van der Waals surface area contributed by atoms with E-state index in [1.807, 2.05) is 17.6 Å². The van der Waals surface area contributed by atoms with E-state index in [0.29, 0.717) is 29.3 Å². The number of hydrogen-bond acceptors (Lipinski definition) is 6. The van der Waals surface area contributed by atoms with Gasteiger partial charge in [-0.3, -0.25) is 14.2 Å². The second-order valence-corrected chi connectivity index (χ2v) is 6.38. The highest BCUT2D eigenvalue weighted by molar-refractivity contribution is 7.99. The Kier molecular flexibility index (Phi) is 5.19. The highest BCUT2D eigenvalue weighted by Crippen LogP contribution is 2.24. The zero-order valence-electron chi connectivity index (χ0n) is 13.3. The minimum absolute atomic E-state index is 0.00794. The smallest absolute Gasteiger partial charge is 0.239 e. The average Bonchev–Trinajstić information content (AvgIpc) is 3.08. The van der Waals surface area contributed by atoms with E-state index in [2.05, 4.69) is 20.8 Å². The van der Waals surface area contributed by atoms with Gasteiger partial charge in [0.25, 0.3) is 0 Å². The van der Waals surface area contributed by atoms with Crippen LogP contribution < -0.4 is 10.6 Å². The predicted molar refractivity (Wildman–Crippen MR) is 88.3 cm³/mol. The molecule has 1 fully saturated rings. The van der Waals surface area contributed by atoms with Gasteiger partial charge < -0.3 is 15.1 Å². The van der Waals surface area contributed by atoms with Crippen molar-refractivity contribution in [3.8, 4) is 11.6 Å². The Labute approximate surface area is 143 Å². The molecule has 0 atom stereocenters. The minimum Gasteiger partial charge on any atom is -0.461 e. The third-order valence-electron chi connectivity index (χ3n) is 3.50. The lowest BCUT2D eigenvalue weighted by atomic mass is 10.4. The van der Waals surface area contributed by atoms with Crippen LogP contribution in [0.2, 0.25) is 0 Å². The molecule has 0 saturated heterocycles. The first-order valence-corrected chi connectivity index (χ1v) is 8.82. The van der Waals surface area contributed by atoms with Gasteiger partial charge in [0.1, 0.15) is 0 Å². The number of nitrogens with one attached hydrogen (secondary N) is 2. The van der Waals surface area contributed by atoms with E-state index in [-0.39, 0.29) is 24.1 Å². The predicted octanol–water partition coefficient (Wildman–Crippen LogP) is 1.04. The van der Waals surface area contributed by atoms with Crippen LogP contribution in [0.5, 0.6) is 0 Å². The third-order valence-corrected chi connectivity index (χ3v) is 4.46. The van der Waals surface area contributed by atoms with Crippen molar-refractivity contribution in [1.82, 2.24) is 25.4 Å². The summed E-state index contributed by atoms with van der Waals surface area (Å²) in [5.41, 5.74) is 0. The normalized spacial score (nSPS) is 13.7. The monoisotopic (exact) mass is 349 g/mol. The average molecular weight is 349 g/mol. The minimum atomic E-state index is -0.212. The van der Waals surface area contributed by atoms with Gasteiger partial charge in [0, 0.05) is 12.6 Å².